The molecule has 0 bridgehead atoms. The van der Waals surface area contributed by atoms with Crippen LogP contribution in [0.2, 0.25) is 0 Å². The van der Waals surface area contributed by atoms with Gasteiger partial charge in [-0.1, -0.05) is 18.2 Å². The molecule has 100 valence electrons. The molecule has 1 aromatic carbocycles. The molecule has 0 unspecified atom stereocenters. The van der Waals surface area contributed by atoms with Crippen LogP contribution in [0.3, 0.4) is 0 Å². The Morgan fingerprint density at radius 2 is 1.89 bits per heavy atom. The molecule has 0 saturated heterocycles. The van der Waals surface area contributed by atoms with E-state index in [0.717, 1.165) is 11.1 Å². The third kappa shape index (κ3) is 2.70. The van der Waals surface area contributed by atoms with Crippen LogP contribution in [0.15, 0.2) is 30.3 Å². The van der Waals surface area contributed by atoms with Crippen molar-refractivity contribution >= 4 is 5.91 Å². The van der Waals surface area contributed by atoms with Gasteiger partial charge >= 0.3 is 0 Å². The molecule has 19 heavy (non-hydrogen) atoms. The minimum absolute atomic E-state index is 0.0148. The number of aryl methyl sites for hydroxylation is 2. The standard InChI is InChI=1S/C16H20N2O/c1-11-7-5-6-8-15(11)16(19)17-10-14-9-12(2)18(4)13(14)3/h5-9H,10H2,1-4H3,(H,17,19). The van der Waals surface area contributed by atoms with Gasteiger partial charge in [-0.25, -0.2) is 0 Å². The Morgan fingerprint density at radius 3 is 2.47 bits per heavy atom. The summed E-state index contributed by atoms with van der Waals surface area (Å²) >= 11 is 0. The van der Waals surface area contributed by atoms with Crippen molar-refractivity contribution in [3.63, 3.8) is 0 Å². The van der Waals surface area contributed by atoms with Gasteiger partial charge < -0.3 is 9.88 Å². The van der Waals surface area contributed by atoms with Gasteiger partial charge in [0, 0.05) is 30.5 Å². The van der Waals surface area contributed by atoms with Crippen molar-refractivity contribution in [2.75, 3.05) is 0 Å². The van der Waals surface area contributed by atoms with E-state index in [1.165, 1.54) is 17.0 Å². The van der Waals surface area contributed by atoms with Gasteiger partial charge in [0.15, 0.2) is 0 Å². The van der Waals surface area contributed by atoms with Gasteiger partial charge in [0.2, 0.25) is 0 Å². The fourth-order valence-corrected chi connectivity index (χ4v) is 2.21. The highest BCUT2D eigenvalue weighted by Crippen LogP contribution is 2.13. The largest absolute Gasteiger partial charge is 0.352 e. The highest BCUT2D eigenvalue weighted by atomic mass is 16.1. The summed E-state index contributed by atoms with van der Waals surface area (Å²) in [5.41, 5.74) is 5.32. The van der Waals surface area contributed by atoms with Crippen LogP contribution in [0, 0.1) is 20.8 Å². The third-order valence-electron chi connectivity index (χ3n) is 3.71. The third-order valence-corrected chi connectivity index (χ3v) is 3.71. The second-order valence-electron chi connectivity index (χ2n) is 4.95. The number of nitrogens with one attached hydrogen (secondary N) is 1. The van der Waals surface area contributed by atoms with Gasteiger partial charge in [0.05, 0.1) is 0 Å². The van der Waals surface area contributed by atoms with Crippen molar-refractivity contribution in [2.24, 2.45) is 7.05 Å². The summed E-state index contributed by atoms with van der Waals surface area (Å²) < 4.78 is 2.13. The fraction of sp³-hybridized carbons (Fsp3) is 0.312. The maximum Gasteiger partial charge on any atom is 0.251 e. The summed E-state index contributed by atoms with van der Waals surface area (Å²) in [4.78, 5) is 12.1. The smallest absolute Gasteiger partial charge is 0.251 e. The molecule has 0 radical (unpaired) electrons. The van der Waals surface area contributed by atoms with Crippen LogP contribution in [-0.4, -0.2) is 10.5 Å². The molecule has 0 aliphatic carbocycles. The number of carbonyl (C=O) groups excluding carboxylic acids is 1. The van der Waals surface area contributed by atoms with Crippen molar-refractivity contribution in [2.45, 2.75) is 27.3 Å². The van der Waals surface area contributed by atoms with Gasteiger partial charge in [-0.2, -0.15) is 0 Å². The Labute approximate surface area is 114 Å². The minimum Gasteiger partial charge on any atom is -0.352 e. The topological polar surface area (TPSA) is 34.0 Å². The molecule has 2 rings (SSSR count). The van der Waals surface area contributed by atoms with Crippen LogP contribution in [0.25, 0.3) is 0 Å². The first-order valence-electron chi connectivity index (χ1n) is 6.46. The lowest BCUT2D eigenvalue weighted by Gasteiger charge is -2.07. The van der Waals surface area contributed by atoms with Crippen molar-refractivity contribution in [1.29, 1.82) is 0 Å². The lowest BCUT2D eigenvalue weighted by atomic mass is 10.1. The van der Waals surface area contributed by atoms with Crippen molar-refractivity contribution in [3.8, 4) is 0 Å². The van der Waals surface area contributed by atoms with E-state index in [4.69, 9.17) is 0 Å². The Morgan fingerprint density at radius 1 is 1.21 bits per heavy atom. The summed E-state index contributed by atoms with van der Waals surface area (Å²) in [7, 11) is 2.04. The average Bonchev–Trinajstić information content (AvgIpc) is 2.64. The van der Waals surface area contributed by atoms with Gasteiger partial charge in [-0.15, -0.1) is 0 Å². The van der Waals surface area contributed by atoms with Gasteiger partial charge in [0.1, 0.15) is 0 Å². The molecular weight excluding hydrogens is 236 g/mol. The second kappa shape index (κ2) is 5.31. The zero-order chi connectivity index (χ0) is 14.0. The Balaban J connectivity index is 2.09. The van der Waals surface area contributed by atoms with E-state index in [-0.39, 0.29) is 5.91 Å². The molecule has 1 amide bonds. The van der Waals surface area contributed by atoms with E-state index >= 15 is 0 Å². The highest BCUT2D eigenvalue weighted by molar-refractivity contribution is 5.95. The zero-order valence-electron chi connectivity index (χ0n) is 11.9. The average molecular weight is 256 g/mol. The summed E-state index contributed by atoms with van der Waals surface area (Å²) in [6.45, 7) is 6.66. The Bertz CT molecular complexity index is 611. The predicted molar refractivity (Wildman–Crippen MR) is 77.2 cm³/mol. The summed E-state index contributed by atoms with van der Waals surface area (Å²) in [6, 6.07) is 9.75. The quantitative estimate of drug-likeness (QED) is 0.900. The van der Waals surface area contributed by atoms with E-state index in [0.29, 0.717) is 6.54 Å². The van der Waals surface area contributed by atoms with Crippen LogP contribution in [0.1, 0.15) is 32.9 Å². The van der Waals surface area contributed by atoms with E-state index < -0.39 is 0 Å². The molecule has 3 nitrogen and oxygen atoms in total. The molecular formula is C16H20N2O. The predicted octanol–water partition coefficient (Wildman–Crippen LogP) is 2.88. The van der Waals surface area contributed by atoms with Crippen LogP contribution >= 0.6 is 0 Å². The molecule has 0 fully saturated rings. The van der Waals surface area contributed by atoms with Crippen LogP contribution in [-0.2, 0) is 13.6 Å². The molecule has 1 heterocycles. The lowest BCUT2D eigenvalue weighted by Crippen LogP contribution is -2.23. The SMILES string of the molecule is Cc1ccccc1C(=O)NCc1cc(C)n(C)c1C. The molecule has 0 aliphatic rings. The second-order valence-corrected chi connectivity index (χ2v) is 4.95. The molecule has 0 atom stereocenters. The van der Waals surface area contributed by atoms with Crippen molar-refractivity contribution < 1.29 is 4.79 Å². The number of hydrogen-bond donors (Lipinski definition) is 1. The Hall–Kier alpha value is -2.03. The van der Waals surface area contributed by atoms with Crippen molar-refractivity contribution in [1.82, 2.24) is 9.88 Å². The molecule has 1 aromatic heterocycles. The number of rotatable bonds is 3. The molecule has 2 aromatic rings. The summed E-state index contributed by atoms with van der Waals surface area (Å²) in [5, 5.41) is 2.99. The Kier molecular flexibility index (Phi) is 3.74. The van der Waals surface area contributed by atoms with Gasteiger partial charge in [-0.05, 0) is 44.0 Å². The van der Waals surface area contributed by atoms with E-state index in [1.807, 2.05) is 38.2 Å². The highest BCUT2D eigenvalue weighted by Gasteiger charge is 2.10. The van der Waals surface area contributed by atoms with Crippen LogP contribution in [0.5, 0.6) is 0 Å². The maximum atomic E-state index is 12.1. The van der Waals surface area contributed by atoms with Crippen LogP contribution in [0.4, 0.5) is 0 Å². The number of carbonyl (C=O) groups is 1. The maximum absolute atomic E-state index is 12.1. The first kappa shape index (κ1) is 13.4. The number of amides is 1. The van der Waals surface area contributed by atoms with Gasteiger partial charge in [0.25, 0.3) is 5.91 Å². The normalized spacial score (nSPS) is 10.5. The molecule has 0 saturated carbocycles. The van der Waals surface area contributed by atoms with E-state index in [1.54, 1.807) is 0 Å². The first-order chi connectivity index (χ1) is 9.00. The molecule has 0 spiro atoms. The summed E-state index contributed by atoms with van der Waals surface area (Å²) in [5.74, 6) is -0.0148. The fourth-order valence-electron chi connectivity index (χ4n) is 2.21. The number of nitrogens with zero attached hydrogens (tertiary/aromatic N) is 1. The molecule has 3 heteroatoms. The molecule has 1 N–H and O–H groups in total. The monoisotopic (exact) mass is 256 g/mol. The lowest BCUT2D eigenvalue weighted by molar-refractivity contribution is 0.0950. The summed E-state index contributed by atoms with van der Waals surface area (Å²) in [6.07, 6.45) is 0. The minimum atomic E-state index is -0.0148. The number of hydrogen-bond acceptors (Lipinski definition) is 1. The van der Waals surface area contributed by atoms with Crippen LogP contribution < -0.4 is 5.32 Å². The van der Waals surface area contributed by atoms with Gasteiger partial charge in [-0.3, -0.25) is 4.79 Å². The zero-order valence-corrected chi connectivity index (χ0v) is 11.9. The first-order valence-corrected chi connectivity index (χ1v) is 6.46. The number of benzene rings is 1. The molecule has 0 aliphatic heterocycles. The number of aromatic nitrogens is 1. The van der Waals surface area contributed by atoms with Crippen molar-refractivity contribution in [3.05, 3.63) is 58.4 Å². The van der Waals surface area contributed by atoms with E-state index in [9.17, 15) is 4.79 Å². The van der Waals surface area contributed by atoms with E-state index in [2.05, 4.69) is 29.8 Å².